The van der Waals surface area contributed by atoms with Crippen LogP contribution in [-0.4, -0.2) is 31.5 Å². The van der Waals surface area contributed by atoms with Crippen molar-refractivity contribution in [3.63, 3.8) is 0 Å². The SMILES string of the molecule is CCCCCCOC(C(=O)OCCC)C(F)(F)F. The first-order chi connectivity index (χ1) is 8.43. The molecule has 18 heavy (non-hydrogen) atoms. The summed E-state index contributed by atoms with van der Waals surface area (Å²) in [7, 11) is 0. The van der Waals surface area contributed by atoms with Crippen LogP contribution in [0.5, 0.6) is 0 Å². The Morgan fingerprint density at radius 1 is 1.06 bits per heavy atom. The predicted molar refractivity (Wildman–Crippen MR) is 61.2 cm³/mol. The molecule has 0 bridgehead atoms. The molecule has 0 rings (SSSR count). The molecule has 0 heterocycles. The van der Waals surface area contributed by atoms with Crippen molar-refractivity contribution >= 4 is 5.97 Å². The normalized spacial score (nSPS) is 13.4. The van der Waals surface area contributed by atoms with E-state index in [0.29, 0.717) is 12.8 Å². The van der Waals surface area contributed by atoms with Gasteiger partial charge in [-0.3, -0.25) is 0 Å². The van der Waals surface area contributed by atoms with Gasteiger partial charge in [0.15, 0.2) is 0 Å². The van der Waals surface area contributed by atoms with Gasteiger partial charge in [0.2, 0.25) is 0 Å². The Morgan fingerprint density at radius 3 is 2.22 bits per heavy atom. The zero-order chi connectivity index (χ0) is 14.0. The number of carbonyl (C=O) groups is 1. The highest BCUT2D eigenvalue weighted by atomic mass is 19.4. The van der Waals surface area contributed by atoms with Crippen LogP contribution in [0.1, 0.15) is 46.0 Å². The summed E-state index contributed by atoms with van der Waals surface area (Å²) in [4.78, 5) is 11.2. The Kier molecular flexibility index (Phi) is 8.79. The van der Waals surface area contributed by atoms with Gasteiger partial charge in [-0.25, -0.2) is 4.79 Å². The first-order valence-corrected chi connectivity index (χ1v) is 6.28. The van der Waals surface area contributed by atoms with Crippen LogP contribution >= 0.6 is 0 Å². The van der Waals surface area contributed by atoms with Crippen molar-refractivity contribution in [2.75, 3.05) is 13.2 Å². The van der Waals surface area contributed by atoms with Gasteiger partial charge in [-0.05, 0) is 12.8 Å². The highest BCUT2D eigenvalue weighted by Gasteiger charge is 2.47. The van der Waals surface area contributed by atoms with Crippen molar-refractivity contribution in [3.05, 3.63) is 0 Å². The van der Waals surface area contributed by atoms with Crippen molar-refractivity contribution in [2.45, 2.75) is 58.2 Å². The van der Waals surface area contributed by atoms with Crippen LogP contribution in [0.15, 0.2) is 0 Å². The van der Waals surface area contributed by atoms with Crippen molar-refractivity contribution < 1.29 is 27.4 Å². The maximum absolute atomic E-state index is 12.5. The van der Waals surface area contributed by atoms with E-state index in [-0.39, 0.29) is 13.2 Å². The van der Waals surface area contributed by atoms with Crippen molar-refractivity contribution in [3.8, 4) is 0 Å². The van der Waals surface area contributed by atoms with E-state index in [0.717, 1.165) is 19.3 Å². The summed E-state index contributed by atoms with van der Waals surface area (Å²) in [5, 5.41) is 0. The van der Waals surface area contributed by atoms with Gasteiger partial charge in [0.1, 0.15) is 0 Å². The molecule has 0 amide bonds. The summed E-state index contributed by atoms with van der Waals surface area (Å²) in [5.74, 6) is -1.35. The van der Waals surface area contributed by atoms with E-state index in [1.54, 1.807) is 6.92 Å². The lowest BCUT2D eigenvalue weighted by molar-refractivity contribution is -0.230. The van der Waals surface area contributed by atoms with E-state index in [2.05, 4.69) is 9.47 Å². The first kappa shape index (κ1) is 17.2. The van der Waals surface area contributed by atoms with Gasteiger partial charge in [0.05, 0.1) is 6.61 Å². The van der Waals surface area contributed by atoms with Crippen molar-refractivity contribution in [2.24, 2.45) is 0 Å². The van der Waals surface area contributed by atoms with E-state index >= 15 is 0 Å². The number of carbonyl (C=O) groups excluding carboxylic acids is 1. The third kappa shape index (κ3) is 7.53. The molecular weight excluding hydrogens is 249 g/mol. The second kappa shape index (κ2) is 9.19. The number of hydrogen-bond acceptors (Lipinski definition) is 3. The smallest absolute Gasteiger partial charge is 0.425 e. The fraction of sp³-hybridized carbons (Fsp3) is 0.917. The maximum Gasteiger partial charge on any atom is 0.425 e. The minimum absolute atomic E-state index is 0.0232. The molecule has 1 unspecified atom stereocenters. The fourth-order valence-electron chi connectivity index (χ4n) is 1.30. The van der Waals surface area contributed by atoms with E-state index in [4.69, 9.17) is 0 Å². The standard InChI is InChI=1S/C12H21F3O3/c1-3-5-6-7-9-17-10(12(13,14)15)11(16)18-8-4-2/h10H,3-9H2,1-2H3. The molecule has 0 spiro atoms. The van der Waals surface area contributed by atoms with Crippen LogP contribution in [0, 0.1) is 0 Å². The third-order valence-corrected chi connectivity index (χ3v) is 2.24. The number of alkyl halides is 3. The molecule has 6 heteroatoms. The van der Waals surface area contributed by atoms with Gasteiger partial charge in [-0.15, -0.1) is 0 Å². The summed E-state index contributed by atoms with van der Waals surface area (Å²) in [6.07, 6.45) is -3.44. The Balaban J connectivity index is 4.12. The second-order valence-corrected chi connectivity index (χ2v) is 4.02. The zero-order valence-electron chi connectivity index (χ0n) is 10.9. The zero-order valence-corrected chi connectivity index (χ0v) is 10.9. The molecule has 1 atom stereocenters. The Morgan fingerprint density at radius 2 is 1.72 bits per heavy atom. The highest BCUT2D eigenvalue weighted by molar-refractivity contribution is 5.75. The first-order valence-electron chi connectivity index (χ1n) is 6.28. The van der Waals surface area contributed by atoms with Crippen LogP contribution < -0.4 is 0 Å². The van der Waals surface area contributed by atoms with E-state index < -0.39 is 18.2 Å². The Labute approximate surface area is 106 Å². The number of unbranched alkanes of at least 4 members (excludes halogenated alkanes) is 3. The molecule has 0 aliphatic carbocycles. The predicted octanol–water partition coefficient (Wildman–Crippen LogP) is 3.47. The van der Waals surface area contributed by atoms with Gasteiger partial charge in [-0.2, -0.15) is 13.2 Å². The van der Waals surface area contributed by atoms with Gasteiger partial charge >= 0.3 is 12.1 Å². The third-order valence-electron chi connectivity index (χ3n) is 2.24. The average molecular weight is 270 g/mol. The summed E-state index contributed by atoms with van der Waals surface area (Å²) in [6.45, 7) is 3.61. The van der Waals surface area contributed by atoms with Crippen molar-refractivity contribution in [1.82, 2.24) is 0 Å². The van der Waals surface area contributed by atoms with E-state index in [1.807, 2.05) is 6.92 Å². The molecule has 3 nitrogen and oxygen atoms in total. The second-order valence-electron chi connectivity index (χ2n) is 4.02. The molecule has 0 radical (unpaired) electrons. The number of halogens is 3. The molecular formula is C12H21F3O3. The topological polar surface area (TPSA) is 35.5 Å². The van der Waals surface area contributed by atoms with Crippen molar-refractivity contribution in [1.29, 1.82) is 0 Å². The van der Waals surface area contributed by atoms with E-state index in [9.17, 15) is 18.0 Å². The minimum Gasteiger partial charge on any atom is -0.464 e. The lowest BCUT2D eigenvalue weighted by Gasteiger charge is -2.19. The highest BCUT2D eigenvalue weighted by Crippen LogP contribution is 2.24. The largest absolute Gasteiger partial charge is 0.464 e. The molecule has 108 valence electrons. The van der Waals surface area contributed by atoms with E-state index in [1.165, 1.54) is 0 Å². The lowest BCUT2D eigenvalue weighted by atomic mass is 10.2. The van der Waals surface area contributed by atoms with Gasteiger partial charge in [0.25, 0.3) is 6.10 Å². The van der Waals surface area contributed by atoms with Gasteiger partial charge < -0.3 is 9.47 Å². The maximum atomic E-state index is 12.5. The molecule has 0 aromatic carbocycles. The Bertz CT molecular complexity index is 229. The monoisotopic (exact) mass is 270 g/mol. The van der Waals surface area contributed by atoms with Gasteiger partial charge in [-0.1, -0.05) is 33.1 Å². The van der Waals surface area contributed by atoms with Crippen LogP contribution in [0.4, 0.5) is 13.2 Å². The molecule has 0 saturated carbocycles. The molecule has 0 aromatic heterocycles. The van der Waals surface area contributed by atoms with Crippen LogP contribution in [0.25, 0.3) is 0 Å². The average Bonchev–Trinajstić information content (AvgIpc) is 2.29. The molecule has 0 N–H and O–H groups in total. The number of esters is 1. The summed E-state index contributed by atoms with van der Waals surface area (Å²) < 4.78 is 46.7. The van der Waals surface area contributed by atoms with Crippen LogP contribution in [0.3, 0.4) is 0 Å². The fourth-order valence-corrected chi connectivity index (χ4v) is 1.30. The quantitative estimate of drug-likeness (QED) is 0.475. The minimum atomic E-state index is -4.71. The lowest BCUT2D eigenvalue weighted by Crippen LogP contribution is -2.40. The number of rotatable bonds is 9. The number of ether oxygens (including phenoxy) is 2. The number of hydrogen-bond donors (Lipinski definition) is 0. The summed E-state index contributed by atoms with van der Waals surface area (Å²) >= 11 is 0. The summed E-state index contributed by atoms with van der Waals surface area (Å²) in [6, 6.07) is 0. The van der Waals surface area contributed by atoms with Crippen LogP contribution in [0.2, 0.25) is 0 Å². The van der Waals surface area contributed by atoms with Crippen LogP contribution in [-0.2, 0) is 14.3 Å². The molecule has 0 aliphatic rings. The molecule has 0 saturated heterocycles. The molecule has 0 fully saturated rings. The molecule has 0 aromatic rings. The van der Waals surface area contributed by atoms with Gasteiger partial charge in [0, 0.05) is 6.61 Å². The molecule has 0 aliphatic heterocycles. The Hall–Kier alpha value is -0.780. The summed E-state index contributed by atoms with van der Waals surface area (Å²) in [5.41, 5.74) is 0.